The van der Waals surface area contributed by atoms with E-state index in [9.17, 15) is 9.90 Å². The molecule has 0 radical (unpaired) electrons. The second-order valence-corrected chi connectivity index (χ2v) is 5.12. The van der Waals surface area contributed by atoms with Crippen LogP contribution >= 0.6 is 0 Å². The number of carbonyl (C=O) groups excluding carboxylic acids is 1. The molecule has 0 atom stereocenters. The van der Waals surface area contributed by atoms with Gasteiger partial charge in [0, 0.05) is 13.1 Å². The molecule has 2 rings (SSSR count). The summed E-state index contributed by atoms with van der Waals surface area (Å²) >= 11 is 0. The first-order chi connectivity index (χ1) is 7.98. The van der Waals surface area contributed by atoms with Crippen LogP contribution in [0.3, 0.4) is 0 Å². The van der Waals surface area contributed by atoms with Crippen LogP contribution in [0.1, 0.15) is 25.0 Å². The summed E-state index contributed by atoms with van der Waals surface area (Å²) in [5.41, 5.74) is 1.37. The summed E-state index contributed by atoms with van der Waals surface area (Å²) < 4.78 is 0. The molecule has 1 aliphatic heterocycles. The molecule has 3 heteroatoms. The largest absolute Gasteiger partial charge is 0.381 e. The minimum absolute atomic E-state index is 0.176. The number of carbonyl (C=O) groups is 1. The van der Waals surface area contributed by atoms with Crippen LogP contribution in [-0.4, -0.2) is 34.6 Å². The van der Waals surface area contributed by atoms with Crippen molar-refractivity contribution < 1.29 is 9.90 Å². The summed E-state index contributed by atoms with van der Waals surface area (Å²) in [5, 5.41) is 9.76. The number of hydrogen-bond donors (Lipinski definition) is 1. The van der Waals surface area contributed by atoms with E-state index in [1.54, 1.807) is 18.7 Å². The van der Waals surface area contributed by atoms with Crippen LogP contribution in [0.15, 0.2) is 24.3 Å². The first-order valence-electron chi connectivity index (χ1n) is 6.07. The summed E-state index contributed by atoms with van der Waals surface area (Å²) in [7, 11) is 0. The van der Waals surface area contributed by atoms with Crippen LogP contribution in [0.2, 0.25) is 0 Å². The number of rotatable bonds is 1. The van der Waals surface area contributed by atoms with Gasteiger partial charge in [-0.05, 0) is 37.8 Å². The zero-order chi connectivity index (χ0) is 12.5. The minimum atomic E-state index is -1.27. The van der Waals surface area contributed by atoms with Crippen LogP contribution in [0.5, 0.6) is 0 Å². The lowest BCUT2D eigenvalue weighted by molar-refractivity contribution is -0.147. The van der Waals surface area contributed by atoms with Gasteiger partial charge in [0.1, 0.15) is 5.60 Å². The molecular formula is C14H19NO2. The maximum absolute atomic E-state index is 12.0. The van der Waals surface area contributed by atoms with Crippen molar-refractivity contribution in [3.8, 4) is 0 Å². The van der Waals surface area contributed by atoms with Crippen molar-refractivity contribution in [2.75, 3.05) is 13.1 Å². The predicted molar refractivity (Wildman–Crippen MR) is 66.7 cm³/mol. The lowest BCUT2D eigenvalue weighted by Gasteiger charge is -2.27. The van der Waals surface area contributed by atoms with Gasteiger partial charge in [-0.2, -0.15) is 0 Å². The molecule has 1 N–H and O–H groups in total. The average molecular weight is 233 g/mol. The molecule has 1 aliphatic rings. The highest BCUT2D eigenvalue weighted by molar-refractivity contribution is 5.84. The Kier molecular flexibility index (Phi) is 3.20. The van der Waals surface area contributed by atoms with Crippen molar-refractivity contribution in [3.05, 3.63) is 35.4 Å². The number of aliphatic hydroxyl groups is 1. The van der Waals surface area contributed by atoms with Crippen LogP contribution in [-0.2, 0) is 17.6 Å². The van der Waals surface area contributed by atoms with E-state index in [1.165, 1.54) is 11.1 Å². The third-order valence-corrected chi connectivity index (χ3v) is 3.23. The van der Waals surface area contributed by atoms with Crippen molar-refractivity contribution in [2.45, 2.75) is 32.3 Å². The minimum Gasteiger partial charge on any atom is -0.381 e. The van der Waals surface area contributed by atoms with Crippen molar-refractivity contribution in [1.29, 1.82) is 0 Å². The van der Waals surface area contributed by atoms with Gasteiger partial charge in [-0.1, -0.05) is 24.3 Å². The van der Waals surface area contributed by atoms with E-state index in [0.717, 1.165) is 12.8 Å². The van der Waals surface area contributed by atoms with Gasteiger partial charge in [0.15, 0.2) is 0 Å². The second-order valence-electron chi connectivity index (χ2n) is 5.12. The lowest BCUT2D eigenvalue weighted by Crippen LogP contribution is -2.46. The van der Waals surface area contributed by atoms with Gasteiger partial charge < -0.3 is 10.0 Å². The van der Waals surface area contributed by atoms with E-state index >= 15 is 0 Å². The number of fused-ring (bicyclic) bond motifs is 1. The molecule has 0 aromatic heterocycles. The lowest BCUT2D eigenvalue weighted by atomic mass is 10.0. The maximum atomic E-state index is 12.0. The Labute approximate surface area is 102 Å². The molecule has 0 saturated heterocycles. The first-order valence-corrected chi connectivity index (χ1v) is 6.07. The van der Waals surface area contributed by atoms with Crippen molar-refractivity contribution in [3.63, 3.8) is 0 Å². The molecule has 17 heavy (non-hydrogen) atoms. The molecule has 1 aromatic rings. The highest BCUT2D eigenvalue weighted by atomic mass is 16.3. The monoisotopic (exact) mass is 233 g/mol. The van der Waals surface area contributed by atoms with Gasteiger partial charge in [0.2, 0.25) is 0 Å². The second kappa shape index (κ2) is 4.49. The standard InChI is InChI=1S/C14H19NO2/c1-14(2,17)13(16)15-9-7-11-5-3-4-6-12(11)8-10-15/h3-6,17H,7-10H2,1-2H3. The predicted octanol–water partition coefficient (Wildman–Crippen LogP) is 1.38. The highest BCUT2D eigenvalue weighted by Gasteiger charge is 2.30. The fourth-order valence-corrected chi connectivity index (χ4v) is 2.26. The van der Waals surface area contributed by atoms with Crippen LogP contribution in [0.25, 0.3) is 0 Å². The smallest absolute Gasteiger partial charge is 0.253 e. The number of amides is 1. The molecule has 1 heterocycles. The van der Waals surface area contributed by atoms with Crippen LogP contribution in [0, 0.1) is 0 Å². The molecule has 0 fully saturated rings. The zero-order valence-corrected chi connectivity index (χ0v) is 10.4. The molecule has 0 aliphatic carbocycles. The topological polar surface area (TPSA) is 40.5 Å². The third kappa shape index (κ3) is 2.67. The van der Waals surface area contributed by atoms with E-state index in [2.05, 4.69) is 12.1 Å². The van der Waals surface area contributed by atoms with Crippen LogP contribution < -0.4 is 0 Å². The van der Waals surface area contributed by atoms with Crippen molar-refractivity contribution >= 4 is 5.91 Å². The Morgan fingerprint density at radius 1 is 1.18 bits per heavy atom. The van der Waals surface area contributed by atoms with Crippen LogP contribution in [0.4, 0.5) is 0 Å². The fourth-order valence-electron chi connectivity index (χ4n) is 2.26. The number of nitrogens with zero attached hydrogens (tertiary/aromatic N) is 1. The Morgan fingerprint density at radius 2 is 1.65 bits per heavy atom. The summed E-state index contributed by atoms with van der Waals surface area (Å²) in [5.74, 6) is -0.176. The average Bonchev–Trinajstić information content (AvgIpc) is 2.49. The quantitative estimate of drug-likeness (QED) is 0.796. The third-order valence-electron chi connectivity index (χ3n) is 3.23. The summed E-state index contributed by atoms with van der Waals surface area (Å²) in [4.78, 5) is 13.8. The zero-order valence-electron chi connectivity index (χ0n) is 10.4. The van der Waals surface area contributed by atoms with Crippen molar-refractivity contribution in [2.24, 2.45) is 0 Å². The Bertz CT molecular complexity index is 393. The fraction of sp³-hybridized carbons (Fsp3) is 0.500. The molecule has 1 aromatic carbocycles. The maximum Gasteiger partial charge on any atom is 0.253 e. The summed E-state index contributed by atoms with van der Waals surface area (Å²) in [6.07, 6.45) is 1.75. The Morgan fingerprint density at radius 3 is 2.06 bits per heavy atom. The first kappa shape index (κ1) is 12.1. The Hall–Kier alpha value is -1.35. The molecule has 3 nitrogen and oxygen atoms in total. The van der Waals surface area contributed by atoms with E-state index in [4.69, 9.17) is 0 Å². The SMILES string of the molecule is CC(C)(O)C(=O)N1CCc2ccccc2CC1. The molecule has 0 bridgehead atoms. The van der Waals surface area contributed by atoms with Gasteiger partial charge >= 0.3 is 0 Å². The van der Waals surface area contributed by atoms with E-state index in [1.807, 2.05) is 12.1 Å². The van der Waals surface area contributed by atoms with Gasteiger partial charge in [-0.3, -0.25) is 4.79 Å². The molecule has 0 saturated carbocycles. The highest BCUT2D eigenvalue weighted by Crippen LogP contribution is 2.17. The molecular weight excluding hydrogens is 214 g/mol. The molecule has 0 spiro atoms. The van der Waals surface area contributed by atoms with E-state index in [0.29, 0.717) is 13.1 Å². The van der Waals surface area contributed by atoms with E-state index < -0.39 is 5.60 Å². The van der Waals surface area contributed by atoms with E-state index in [-0.39, 0.29) is 5.91 Å². The van der Waals surface area contributed by atoms with Gasteiger partial charge in [0.05, 0.1) is 0 Å². The van der Waals surface area contributed by atoms with Crippen molar-refractivity contribution in [1.82, 2.24) is 4.90 Å². The summed E-state index contributed by atoms with van der Waals surface area (Å²) in [6.45, 7) is 4.49. The number of benzene rings is 1. The molecule has 0 unspecified atom stereocenters. The van der Waals surface area contributed by atoms with Gasteiger partial charge in [-0.25, -0.2) is 0 Å². The molecule has 1 amide bonds. The van der Waals surface area contributed by atoms with Gasteiger partial charge in [-0.15, -0.1) is 0 Å². The number of hydrogen-bond acceptors (Lipinski definition) is 2. The Balaban J connectivity index is 2.12. The summed E-state index contributed by atoms with van der Waals surface area (Å²) in [6, 6.07) is 8.30. The van der Waals surface area contributed by atoms with Gasteiger partial charge in [0.25, 0.3) is 5.91 Å². The normalized spacial score (nSPS) is 16.3. The molecule has 92 valence electrons.